The van der Waals surface area contributed by atoms with Gasteiger partial charge >= 0.3 is 5.97 Å². The number of hydrogen-bond donors (Lipinski definition) is 0. The summed E-state index contributed by atoms with van der Waals surface area (Å²) in [5.74, 6) is -0.680. The second-order valence-electron chi connectivity index (χ2n) is 8.02. The summed E-state index contributed by atoms with van der Waals surface area (Å²) < 4.78 is 11.5. The van der Waals surface area contributed by atoms with Crippen LogP contribution in [0.15, 0.2) is 18.2 Å². The van der Waals surface area contributed by atoms with Crippen molar-refractivity contribution in [2.24, 2.45) is 5.92 Å². The zero-order chi connectivity index (χ0) is 21.1. The average Bonchev–Trinajstić information content (AvgIpc) is 2.69. The van der Waals surface area contributed by atoms with Crippen molar-refractivity contribution in [3.63, 3.8) is 0 Å². The number of carbonyl (C=O) groups is 2. The average molecular weight is 404 g/mol. The predicted octanol–water partition coefficient (Wildman–Crippen LogP) is 4.00. The molecule has 158 valence electrons. The van der Waals surface area contributed by atoms with Gasteiger partial charge in [0.1, 0.15) is 12.1 Å². The molecule has 8 nitrogen and oxygen atoms in total. The highest BCUT2D eigenvalue weighted by atomic mass is 16.6. The fourth-order valence-corrected chi connectivity index (χ4v) is 3.98. The molecule has 0 aromatic heterocycles. The summed E-state index contributed by atoms with van der Waals surface area (Å²) in [4.78, 5) is 38.3. The summed E-state index contributed by atoms with van der Waals surface area (Å²) in [5.41, 5.74) is 0.239. The highest BCUT2D eigenvalue weighted by Crippen LogP contribution is 2.40. The van der Waals surface area contributed by atoms with Gasteiger partial charge in [0.05, 0.1) is 16.7 Å². The lowest BCUT2D eigenvalue weighted by Gasteiger charge is -2.39. The first kappa shape index (κ1) is 21.1. The normalized spacial score (nSPS) is 20.8. The van der Waals surface area contributed by atoms with E-state index >= 15 is 0 Å². The Balaban J connectivity index is 1.94. The van der Waals surface area contributed by atoms with Crippen molar-refractivity contribution in [3.8, 4) is 5.75 Å². The molecule has 1 aliphatic carbocycles. The lowest BCUT2D eigenvalue weighted by molar-refractivity contribution is -0.384. The Hall–Kier alpha value is -2.64. The molecule has 0 saturated heterocycles. The van der Waals surface area contributed by atoms with E-state index in [-0.39, 0.29) is 29.4 Å². The molecule has 1 aromatic carbocycles. The summed E-state index contributed by atoms with van der Waals surface area (Å²) in [6.07, 6.45) is 4.35. The Morgan fingerprint density at radius 3 is 2.59 bits per heavy atom. The van der Waals surface area contributed by atoms with E-state index in [0.717, 1.165) is 32.1 Å². The molecule has 8 heteroatoms. The number of nitro benzene ring substituents is 1. The van der Waals surface area contributed by atoms with Crippen LogP contribution in [0.3, 0.4) is 0 Å². The van der Waals surface area contributed by atoms with Crippen molar-refractivity contribution in [1.82, 2.24) is 0 Å². The molecule has 0 bridgehead atoms. The van der Waals surface area contributed by atoms with E-state index in [1.807, 2.05) is 20.8 Å². The number of rotatable bonds is 6. The van der Waals surface area contributed by atoms with Gasteiger partial charge in [0.15, 0.2) is 11.9 Å². The van der Waals surface area contributed by atoms with Crippen LogP contribution in [0.25, 0.3) is 0 Å². The maximum atomic E-state index is 13.2. The van der Waals surface area contributed by atoms with Gasteiger partial charge in [0.2, 0.25) is 0 Å². The molecule has 29 heavy (non-hydrogen) atoms. The largest absolute Gasteiger partial charge is 0.478 e. The Kier molecular flexibility index (Phi) is 6.39. The van der Waals surface area contributed by atoms with Gasteiger partial charge in [-0.25, -0.2) is 4.79 Å². The summed E-state index contributed by atoms with van der Waals surface area (Å²) >= 11 is 0. The van der Waals surface area contributed by atoms with E-state index in [1.165, 1.54) is 23.1 Å². The molecule has 1 heterocycles. The number of nitrogens with zero attached hydrogens (tertiary/aromatic N) is 2. The van der Waals surface area contributed by atoms with E-state index in [4.69, 9.17) is 9.47 Å². The van der Waals surface area contributed by atoms with Crippen LogP contribution < -0.4 is 9.64 Å². The van der Waals surface area contributed by atoms with Crippen molar-refractivity contribution in [2.45, 2.75) is 77.5 Å². The van der Waals surface area contributed by atoms with Crippen LogP contribution in [0.1, 0.15) is 59.3 Å². The fraction of sp³-hybridized carbons (Fsp3) is 0.619. The summed E-state index contributed by atoms with van der Waals surface area (Å²) in [7, 11) is 0. The van der Waals surface area contributed by atoms with Crippen LogP contribution in [0.5, 0.6) is 5.75 Å². The molecule has 1 aromatic rings. The number of ether oxygens (including phenoxy) is 2. The monoisotopic (exact) mass is 404 g/mol. The van der Waals surface area contributed by atoms with Crippen molar-refractivity contribution in [1.29, 1.82) is 0 Å². The molecule has 0 N–H and O–H groups in total. The maximum Gasteiger partial charge on any atom is 0.329 e. The first-order chi connectivity index (χ1) is 13.8. The van der Waals surface area contributed by atoms with Gasteiger partial charge in [-0.2, -0.15) is 0 Å². The van der Waals surface area contributed by atoms with Crippen LogP contribution in [-0.2, 0) is 14.3 Å². The van der Waals surface area contributed by atoms with Crippen molar-refractivity contribution in [2.75, 3.05) is 4.90 Å². The smallest absolute Gasteiger partial charge is 0.329 e. The number of esters is 1. The second-order valence-corrected chi connectivity index (χ2v) is 8.02. The van der Waals surface area contributed by atoms with Crippen LogP contribution >= 0.6 is 0 Å². The van der Waals surface area contributed by atoms with Crippen molar-refractivity contribution < 1.29 is 24.0 Å². The molecule has 3 rings (SSSR count). The third-order valence-corrected chi connectivity index (χ3v) is 5.56. The van der Waals surface area contributed by atoms with Crippen LogP contribution in [0.4, 0.5) is 11.4 Å². The number of amides is 1. The molecule has 0 radical (unpaired) electrons. The highest BCUT2D eigenvalue weighted by Gasteiger charge is 2.43. The number of anilines is 1. The number of non-ortho nitro benzene ring substituents is 1. The lowest BCUT2D eigenvalue weighted by Crippen LogP contribution is -2.55. The topological polar surface area (TPSA) is 99.0 Å². The van der Waals surface area contributed by atoms with E-state index in [0.29, 0.717) is 12.1 Å². The zero-order valence-electron chi connectivity index (χ0n) is 17.1. The highest BCUT2D eigenvalue weighted by molar-refractivity contribution is 6.04. The number of nitro groups is 1. The van der Waals surface area contributed by atoms with Crippen LogP contribution in [0.2, 0.25) is 0 Å². The van der Waals surface area contributed by atoms with Crippen molar-refractivity contribution >= 4 is 23.3 Å². The summed E-state index contributed by atoms with van der Waals surface area (Å²) in [5, 5.41) is 11.2. The molecule has 1 saturated carbocycles. The fourth-order valence-electron chi connectivity index (χ4n) is 3.98. The second kappa shape index (κ2) is 8.80. The standard InChI is InChI=1S/C21H28N2O6/c1-4-16(21(25)28-15-8-6-5-7-9-15)22-17-11-10-14(23(26)27)12-18(17)29-19(13(2)3)20(22)24/h10-13,15-16,19H,4-9H2,1-3H3. The van der Waals surface area contributed by atoms with Gasteiger partial charge < -0.3 is 9.47 Å². The summed E-state index contributed by atoms with van der Waals surface area (Å²) in [6.45, 7) is 5.50. The number of benzene rings is 1. The summed E-state index contributed by atoms with van der Waals surface area (Å²) in [6, 6.07) is 3.30. The maximum absolute atomic E-state index is 13.2. The third-order valence-electron chi connectivity index (χ3n) is 5.56. The van der Waals surface area contributed by atoms with Gasteiger partial charge in [0, 0.05) is 6.07 Å². The quantitative estimate of drug-likeness (QED) is 0.404. The Labute approximate surface area is 170 Å². The molecule has 1 fully saturated rings. The molecule has 2 aliphatic rings. The van der Waals surface area contributed by atoms with Gasteiger partial charge in [-0.05, 0) is 44.1 Å². The molecule has 1 aliphatic heterocycles. The number of hydrogen-bond acceptors (Lipinski definition) is 6. The predicted molar refractivity (Wildman–Crippen MR) is 107 cm³/mol. The molecular formula is C21H28N2O6. The number of fused-ring (bicyclic) bond motifs is 1. The minimum atomic E-state index is -0.818. The zero-order valence-corrected chi connectivity index (χ0v) is 17.1. The third kappa shape index (κ3) is 4.36. The number of carbonyl (C=O) groups excluding carboxylic acids is 2. The van der Waals surface area contributed by atoms with Gasteiger partial charge in [-0.15, -0.1) is 0 Å². The molecule has 2 atom stereocenters. The Morgan fingerprint density at radius 1 is 1.31 bits per heavy atom. The van der Waals surface area contributed by atoms with E-state index < -0.39 is 23.0 Å². The minimum absolute atomic E-state index is 0.112. The van der Waals surface area contributed by atoms with Gasteiger partial charge in [0.25, 0.3) is 11.6 Å². The Bertz CT molecular complexity index is 787. The molecular weight excluding hydrogens is 376 g/mol. The van der Waals surface area contributed by atoms with Gasteiger partial charge in [-0.1, -0.05) is 27.2 Å². The first-order valence-corrected chi connectivity index (χ1v) is 10.3. The minimum Gasteiger partial charge on any atom is -0.478 e. The Morgan fingerprint density at radius 2 is 2.00 bits per heavy atom. The molecule has 0 spiro atoms. The SMILES string of the molecule is CCC(C(=O)OC1CCCCC1)N1C(=O)C(C(C)C)Oc2cc([N+](=O)[O-])ccc21. The van der Waals surface area contributed by atoms with Crippen molar-refractivity contribution in [3.05, 3.63) is 28.3 Å². The molecule has 1 amide bonds. The van der Waals surface area contributed by atoms with E-state index in [9.17, 15) is 19.7 Å². The van der Waals surface area contributed by atoms with Gasteiger partial charge in [-0.3, -0.25) is 19.8 Å². The lowest BCUT2D eigenvalue weighted by atomic mass is 9.97. The van der Waals surface area contributed by atoms with Crippen LogP contribution in [-0.4, -0.2) is 35.0 Å². The van der Waals surface area contributed by atoms with E-state index in [1.54, 1.807) is 0 Å². The first-order valence-electron chi connectivity index (χ1n) is 10.3. The van der Waals surface area contributed by atoms with Crippen LogP contribution in [0, 0.1) is 16.0 Å². The van der Waals surface area contributed by atoms with E-state index in [2.05, 4.69) is 0 Å². The molecule has 2 unspecified atom stereocenters.